The van der Waals surface area contributed by atoms with Gasteiger partial charge in [0.2, 0.25) is 11.7 Å². The minimum absolute atomic E-state index is 0.123. The lowest BCUT2D eigenvalue weighted by atomic mass is 10.1. The third-order valence-corrected chi connectivity index (χ3v) is 2.72. The van der Waals surface area contributed by atoms with Crippen LogP contribution in [-0.2, 0) is 11.2 Å². The van der Waals surface area contributed by atoms with Gasteiger partial charge >= 0.3 is 0 Å². The van der Waals surface area contributed by atoms with E-state index in [1.807, 2.05) is 19.1 Å². The Morgan fingerprint density at radius 2 is 2.06 bits per heavy atom. The highest BCUT2D eigenvalue weighted by Gasteiger charge is 2.15. The van der Waals surface area contributed by atoms with Crippen LogP contribution >= 0.6 is 0 Å². The van der Waals surface area contributed by atoms with Crippen LogP contribution in [0.5, 0.6) is 5.75 Å². The van der Waals surface area contributed by atoms with Crippen molar-refractivity contribution in [3.05, 3.63) is 41.5 Å². The summed E-state index contributed by atoms with van der Waals surface area (Å²) in [6.07, 6.45) is 1.23. The third-order valence-electron chi connectivity index (χ3n) is 2.72. The van der Waals surface area contributed by atoms with E-state index >= 15 is 0 Å². The van der Waals surface area contributed by atoms with Crippen LogP contribution in [0.25, 0.3) is 0 Å². The summed E-state index contributed by atoms with van der Waals surface area (Å²) in [5.41, 5.74) is 1.01. The SMILES string of the molecule is CCC(OC)c1noc(Cc2ccc(O)cc2)n1. The summed E-state index contributed by atoms with van der Waals surface area (Å²) in [4.78, 5) is 4.30. The molecule has 0 amide bonds. The molecule has 0 spiro atoms. The van der Waals surface area contributed by atoms with E-state index in [4.69, 9.17) is 9.26 Å². The molecular weight excluding hydrogens is 232 g/mol. The van der Waals surface area contributed by atoms with Crippen LogP contribution in [0.1, 0.15) is 36.7 Å². The van der Waals surface area contributed by atoms with Gasteiger partial charge in [-0.05, 0) is 24.1 Å². The number of aromatic hydroxyl groups is 1. The molecule has 1 atom stereocenters. The molecule has 0 saturated carbocycles. The van der Waals surface area contributed by atoms with Gasteiger partial charge in [0.15, 0.2) is 0 Å². The topological polar surface area (TPSA) is 68.4 Å². The van der Waals surface area contributed by atoms with Crippen molar-refractivity contribution in [3.8, 4) is 5.75 Å². The molecule has 0 aliphatic carbocycles. The van der Waals surface area contributed by atoms with E-state index in [0.717, 1.165) is 12.0 Å². The number of hydrogen-bond donors (Lipinski definition) is 1. The van der Waals surface area contributed by atoms with Crippen molar-refractivity contribution in [1.29, 1.82) is 0 Å². The molecule has 0 aliphatic heterocycles. The van der Waals surface area contributed by atoms with Crippen molar-refractivity contribution in [2.45, 2.75) is 25.9 Å². The first-order valence-electron chi connectivity index (χ1n) is 5.86. The molecule has 0 fully saturated rings. The van der Waals surface area contributed by atoms with Gasteiger partial charge in [-0.25, -0.2) is 0 Å². The predicted octanol–water partition coefficient (Wildman–Crippen LogP) is 2.46. The smallest absolute Gasteiger partial charge is 0.231 e. The molecule has 18 heavy (non-hydrogen) atoms. The number of aromatic nitrogens is 2. The van der Waals surface area contributed by atoms with Gasteiger partial charge in [0.25, 0.3) is 0 Å². The van der Waals surface area contributed by atoms with Crippen molar-refractivity contribution in [2.24, 2.45) is 0 Å². The van der Waals surface area contributed by atoms with E-state index in [1.54, 1.807) is 19.2 Å². The molecule has 5 heteroatoms. The van der Waals surface area contributed by atoms with Crippen LogP contribution in [-0.4, -0.2) is 22.4 Å². The molecule has 96 valence electrons. The number of ether oxygens (including phenoxy) is 1. The van der Waals surface area contributed by atoms with E-state index in [2.05, 4.69) is 10.1 Å². The molecule has 5 nitrogen and oxygen atoms in total. The van der Waals surface area contributed by atoms with E-state index in [0.29, 0.717) is 18.1 Å². The second-order valence-corrected chi connectivity index (χ2v) is 4.02. The molecule has 2 aromatic rings. The molecule has 2 rings (SSSR count). The third kappa shape index (κ3) is 2.87. The quantitative estimate of drug-likeness (QED) is 0.880. The predicted molar refractivity (Wildman–Crippen MR) is 65.3 cm³/mol. The Hall–Kier alpha value is -1.88. The molecule has 0 bridgehead atoms. The van der Waals surface area contributed by atoms with E-state index in [1.165, 1.54) is 0 Å². The average molecular weight is 248 g/mol. The highest BCUT2D eigenvalue weighted by Crippen LogP contribution is 2.18. The zero-order valence-electron chi connectivity index (χ0n) is 10.5. The van der Waals surface area contributed by atoms with Crippen LogP contribution in [0.15, 0.2) is 28.8 Å². The minimum atomic E-state index is -0.123. The van der Waals surface area contributed by atoms with Crippen LogP contribution in [0.3, 0.4) is 0 Å². The molecule has 1 aromatic carbocycles. The molecule has 0 radical (unpaired) electrons. The van der Waals surface area contributed by atoms with Gasteiger partial charge in [0.1, 0.15) is 11.9 Å². The average Bonchev–Trinajstić information content (AvgIpc) is 2.82. The van der Waals surface area contributed by atoms with Crippen molar-refractivity contribution in [2.75, 3.05) is 7.11 Å². The van der Waals surface area contributed by atoms with Crippen LogP contribution in [0.4, 0.5) is 0 Å². The molecular formula is C13H16N2O3. The fourth-order valence-electron chi connectivity index (χ4n) is 1.71. The lowest BCUT2D eigenvalue weighted by Gasteiger charge is -2.06. The second-order valence-electron chi connectivity index (χ2n) is 4.02. The van der Waals surface area contributed by atoms with Crippen molar-refractivity contribution < 1.29 is 14.4 Å². The van der Waals surface area contributed by atoms with Gasteiger partial charge in [0, 0.05) is 7.11 Å². The molecule has 1 unspecified atom stereocenters. The standard InChI is InChI=1S/C13H16N2O3/c1-3-11(17-2)13-14-12(18-15-13)8-9-4-6-10(16)7-5-9/h4-7,11,16H,3,8H2,1-2H3. The Morgan fingerprint density at radius 3 is 2.67 bits per heavy atom. The first-order valence-corrected chi connectivity index (χ1v) is 5.86. The van der Waals surface area contributed by atoms with Crippen molar-refractivity contribution in [1.82, 2.24) is 10.1 Å². The Bertz CT molecular complexity index is 489. The first kappa shape index (κ1) is 12.6. The number of benzene rings is 1. The summed E-state index contributed by atoms with van der Waals surface area (Å²) in [6.45, 7) is 2.00. The number of hydrogen-bond acceptors (Lipinski definition) is 5. The van der Waals surface area contributed by atoms with Crippen molar-refractivity contribution in [3.63, 3.8) is 0 Å². The largest absolute Gasteiger partial charge is 0.508 e. The highest BCUT2D eigenvalue weighted by atomic mass is 16.5. The maximum atomic E-state index is 9.20. The number of methoxy groups -OCH3 is 1. The molecule has 1 aromatic heterocycles. The Kier molecular flexibility index (Phi) is 3.94. The Labute approximate surface area is 105 Å². The zero-order valence-corrected chi connectivity index (χ0v) is 10.5. The number of phenolic OH excluding ortho intramolecular Hbond substituents is 1. The summed E-state index contributed by atoms with van der Waals surface area (Å²) >= 11 is 0. The number of rotatable bonds is 5. The molecule has 1 N–H and O–H groups in total. The van der Waals surface area contributed by atoms with E-state index in [-0.39, 0.29) is 11.9 Å². The fraction of sp³-hybridized carbons (Fsp3) is 0.385. The van der Waals surface area contributed by atoms with Crippen molar-refractivity contribution >= 4 is 0 Å². The molecule has 0 aliphatic rings. The Balaban J connectivity index is 2.08. The first-order chi connectivity index (χ1) is 8.72. The lowest BCUT2D eigenvalue weighted by molar-refractivity contribution is 0.0903. The summed E-state index contributed by atoms with van der Waals surface area (Å²) in [5, 5.41) is 13.1. The Morgan fingerprint density at radius 1 is 1.33 bits per heavy atom. The van der Waals surface area contributed by atoms with Gasteiger partial charge in [-0.15, -0.1) is 0 Å². The van der Waals surface area contributed by atoms with Crippen LogP contribution in [0, 0.1) is 0 Å². The maximum absolute atomic E-state index is 9.20. The summed E-state index contributed by atoms with van der Waals surface area (Å²) < 4.78 is 10.4. The number of phenols is 1. The van der Waals surface area contributed by atoms with Crippen LogP contribution < -0.4 is 0 Å². The zero-order chi connectivity index (χ0) is 13.0. The van der Waals surface area contributed by atoms with Crippen LogP contribution in [0.2, 0.25) is 0 Å². The maximum Gasteiger partial charge on any atom is 0.231 e. The fourth-order valence-corrected chi connectivity index (χ4v) is 1.71. The van der Waals surface area contributed by atoms with Gasteiger partial charge in [-0.3, -0.25) is 0 Å². The summed E-state index contributed by atoms with van der Waals surface area (Å²) in [5.74, 6) is 1.37. The van der Waals surface area contributed by atoms with Gasteiger partial charge in [0.05, 0.1) is 6.42 Å². The van der Waals surface area contributed by atoms with Gasteiger partial charge in [-0.1, -0.05) is 24.2 Å². The monoisotopic (exact) mass is 248 g/mol. The second kappa shape index (κ2) is 5.64. The lowest BCUT2D eigenvalue weighted by Crippen LogP contribution is -2.02. The number of nitrogens with zero attached hydrogens (tertiary/aromatic N) is 2. The summed E-state index contributed by atoms with van der Waals surface area (Å²) in [6, 6.07) is 6.92. The van der Waals surface area contributed by atoms with Gasteiger partial charge < -0.3 is 14.4 Å². The van der Waals surface area contributed by atoms with E-state index in [9.17, 15) is 5.11 Å². The van der Waals surface area contributed by atoms with E-state index < -0.39 is 0 Å². The normalized spacial score (nSPS) is 12.6. The highest BCUT2D eigenvalue weighted by molar-refractivity contribution is 5.27. The van der Waals surface area contributed by atoms with Gasteiger partial charge in [-0.2, -0.15) is 4.98 Å². The molecule has 1 heterocycles. The molecule has 0 saturated heterocycles. The summed E-state index contributed by atoms with van der Waals surface area (Å²) in [7, 11) is 1.63. The minimum Gasteiger partial charge on any atom is -0.508 e.